The number of hydrogen-bond acceptors (Lipinski definition) is 2. The maximum absolute atomic E-state index is 12.4. The van der Waals surface area contributed by atoms with E-state index in [2.05, 4.69) is 50.4 Å². The molecule has 0 saturated heterocycles. The van der Waals surface area contributed by atoms with Gasteiger partial charge in [0.2, 0.25) is 0 Å². The topological polar surface area (TPSA) is 38.3 Å². The van der Waals surface area contributed by atoms with Gasteiger partial charge in [0.1, 0.15) is 5.75 Å². The van der Waals surface area contributed by atoms with Gasteiger partial charge in [-0.2, -0.15) is 0 Å². The monoisotopic (exact) mass is 339 g/mol. The first-order valence-electron chi connectivity index (χ1n) is 9.06. The Bertz CT molecular complexity index is 709. The van der Waals surface area contributed by atoms with Crippen LogP contribution in [0, 0.1) is 20.8 Å². The fourth-order valence-electron chi connectivity index (χ4n) is 2.76. The summed E-state index contributed by atoms with van der Waals surface area (Å²) in [7, 11) is 0. The fraction of sp³-hybridized carbons (Fsp3) is 0.409. The lowest BCUT2D eigenvalue weighted by Gasteiger charge is -2.18. The summed E-state index contributed by atoms with van der Waals surface area (Å²) in [5.41, 5.74) is 4.98. The molecule has 25 heavy (non-hydrogen) atoms. The van der Waals surface area contributed by atoms with E-state index in [9.17, 15) is 4.79 Å². The molecule has 0 fully saturated rings. The van der Waals surface area contributed by atoms with Gasteiger partial charge in [-0.1, -0.05) is 42.8 Å². The molecule has 2 aromatic carbocycles. The Hall–Kier alpha value is -2.29. The molecule has 0 saturated carbocycles. The van der Waals surface area contributed by atoms with E-state index >= 15 is 0 Å². The summed E-state index contributed by atoms with van der Waals surface area (Å²) in [5, 5.41) is 3.00. The molecule has 3 heteroatoms. The fourth-order valence-corrected chi connectivity index (χ4v) is 2.76. The average molecular weight is 339 g/mol. The second-order valence-electron chi connectivity index (χ2n) is 6.64. The molecule has 1 N–H and O–H groups in total. The molecule has 3 nitrogen and oxygen atoms in total. The van der Waals surface area contributed by atoms with Gasteiger partial charge in [0.25, 0.3) is 5.91 Å². The molecule has 0 unspecified atom stereocenters. The molecule has 1 atom stereocenters. The molecule has 1 amide bonds. The number of ether oxygens (including phenoxy) is 1. The van der Waals surface area contributed by atoms with E-state index in [0.29, 0.717) is 13.0 Å². The third-order valence-electron chi connectivity index (χ3n) is 4.44. The zero-order valence-corrected chi connectivity index (χ0v) is 15.8. The first-order chi connectivity index (χ1) is 12.0. The first-order valence-corrected chi connectivity index (χ1v) is 9.06. The van der Waals surface area contributed by atoms with Crippen molar-refractivity contribution < 1.29 is 9.53 Å². The molecule has 0 bridgehead atoms. The molecule has 134 valence electrons. The molecule has 0 spiro atoms. The molecule has 0 heterocycles. The maximum atomic E-state index is 12.4. The van der Waals surface area contributed by atoms with Gasteiger partial charge < -0.3 is 10.1 Å². The summed E-state index contributed by atoms with van der Waals surface area (Å²) in [4.78, 5) is 12.4. The van der Waals surface area contributed by atoms with E-state index < -0.39 is 6.10 Å². The molecule has 2 aromatic rings. The number of rotatable bonds is 8. The van der Waals surface area contributed by atoms with Crippen LogP contribution in [-0.2, 0) is 11.2 Å². The van der Waals surface area contributed by atoms with Crippen LogP contribution in [-0.4, -0.2) is 18.6 Å². The second-order valence-corrected chi connectivity index (χ2v) is 6.64. The summed E-state index contributed by atoms with van der Waals surface area (Å²) < 4.78 is 5.88. The predicted octanol–water partition coefficient (Wildman–Crippen LogP) is 4.52. The maximum Gasteiger partial charge on any atom is 0.261 e. The molecule has 0 radical (unpaired) electrons. The summed E-state index contributed by atoms with van der Waals surface area (Å²) >= 11 is 0. The van der Waals surface area contributed by atoms with Gasteiger partial charge in [0.15, 0.2) is 6.10 Å². The summed E-state index contributed by atoms with van der Waals surface area (Å²) in [6.45, 7) is 8.85. The van der Waals surface area contributed by atoms with Crippen LogP contribution >= 0.6 is 0 Å². The summed E-state index contributed by atoms with van der Waals surface area (Å²) in [5.74, 6) is 0.717. The molecule has 0 aliphatic rings. The van der Waals surface area contributed by atoms with E-state index in [1.807, 2.05) is 25.1 Å². The third kappa shape index (κ3) is 5.93. The minimum Gasteiger partial charge on any atom is -0.481 e. The average Bonchev–Trinajstić information content (AvgIpc) is 2.59. The van der Waals surface area contributed by atoms with Gasteiger partial charge in [-0.05, 0) is 68.9 Å². The van der Waals surface area contributed by atoms with Crippen molar-refractivity contribution in [2.45, 2.75) is 53.1 Å². The number of carbonyl (C=O) groups excluding carboxylic acids is 1. The highest BCUT2D eigenvalue weighted by atomic mass is 16.5. The van der Waals surface area contributed by atoms with Crippen molar-refractivity contribution in [1.29, 1.82) is 0 Å². The lowest BCUT2D eigenvalue weighted by Crippen LogP contribution is -2.38. The SMILES string of the molecule is CC[C@@H](Oc1ccc(C)c(C)c1)C(=O)NCCCc1cccc(C)c1. The Kier molecular flexibility index (Phi) is 7.05. The van der Waals surface area contributed by atoms with E-state index in [0.717, 1.165) is 18.6 Å². The van der Waals surface area contributed by atoms with Gasteiger partial charge in [0, 0.05) is 6.54 Å². The number of amides is 1. The van der Waals surface area contributed by atoms with Crippen molar-refractivity contribution in [2.75, 3.05) is 6.54 Å². The first kappa shape index (κ1) is 19.0. The van der Waals surface area contributed by atoms with Crippen LogP contribution in [0.4, 0.5) is 0 Å². The lowest BCUT2D eigenvalue weighted by molar-refractivity contribution is -0.128. The van der Waals surface area contributed by atoms with Crippen LogP contribution < -0.4 is 10.1 Å². The van der Waals surface area contributed by atoms with Crippen molar-refractivity contribution in [1.82, 2.24) is 5.32 Å². The summed E-state index contributed by atoms with van der Waals surface area (Å²) in [6, 6.07) is 14.4. The zero-order chi connectivity index (χ0) is 18.2. The zero-order valence-electron chi connectivity index (χ0n) is 15.8. The lowest BCUT2D eigenvalue weighted by atomic mass is 10.1. The second kappa shape index (κ2) is 9.26. The standard InChI is InChI=1S/C22H29NO2/c1-5-21(25-20-12-11-17(3)18(4)15-20)22(24)23-13-7-10-19-9-6-8-16(2)14-19/h6,8-9,11-12,14-15,21H,5,7,10,13H2,1-4H3,(H,23,24)/t21-/m1/s1. The van der Waals surface area contributed by atoms with E-state index in [-0.39, 0.29) is 5.91 Å². The Morgan fingerprint density at radius 1 is 1.08 bits per heavy atom. The highest BCUT2D eigenvalue weighted by molar-refractivity contribution is 5.81. The number of nitrogens with one attached hydrogen (secondary N) is 1. The number of benzene rings is 2. The largest absolute Gasteiger partial charge is 0.481 e. The highest BCUT2D eigenvalue weighted by Crippen LogP contribution is 2.18. The van der Waals surface area contributed by atoms with Crippen LogP contribution in [0.5, 0.6) is 5.75 Å². The van der Waals surface area contributed by atoms with Gasteiger partial charge >= 0.3 is 0 Å². The van der Waals surface area contributed by atoms with Crippen LogP contribution in [0.2, 0.25) is 0 Å². The minimum atomic E-state index is -0.443. The van der Waals surface area contributed by atoms with Gasteiger partial charge in [0.05, 0.1) is 0 Å². The quantitative estimate of drug-likeness (QED) is 0.718. The highest BCUT2D eigenvalue weighted by Gasteiger charge is 2.17. The van der Waals surface area contributed by atoms with E-state index in [4.69, 9.17) is 4.74 Å². The normalized spacial score (nSPS) is 11.8. The predicted molar refractivity (Wildman–Crippen MR) is 103 cm³/mol. The van der Waals surface area contributed by atoms with Crippen LogP contribution in [0.15, 0.2) is 42.5 Å². The Morgan fingerprint density at radius 3 is 2.56 bits per heavy atom. The molecule has 0 aromatic heterocycles. The third-order valence-corrected chi connectivity index (χ3v) is 4.44. The van der Waals surface area contributed by atoms with Crippen molar-refractivity contribution in [3.8, 4) is 5.75 Å². The smallest absolute Gasteiger partial charge is 0.261 e. The van der Waals surface area contributed by atoms with Gasteiger partial charge in [-0.25, -0.2) is 0 Å². The van der Waals surface area contributed by atoms with Crippen LogP contribution in [0.1, 0.15) is 42.0 Å². The minimum absolute atomic E-state index is 0.0371. The Balaban J connectivity index is 1.80. The van der Waals surface area contributed by atoms with Crippen LogP contribution in [0.3, 0.4) is 0 Å². The number of hydrogen-bond donors (Lipinski definition) is 1. The van der Waals surface area contributed by atoms with Crippen molar-refractivity contribution in [3.05, 3.63) is 64.7 Å². The molecule has 0 aliphatic heterocycles. The number of aryl methyl sites for hydroxylation is 4. The van der Waals surface area contributed by atoms with Crippen molar-refractivity contribution in [3.63, 3.8) is 0 Å². The Morgan fingerprint density at radius 2 is 1.88 bits per heavy atom. The molecule has 2 rings (SSSR count). The van der Waals surface area contributed by atoms with E-state index in [1.165, 1.54) is 22.3 Å². The molecular formula is C22H29NO2. The van der Waals surface area contributed by atoms with Gasteiger partial charge in [-0.15, -0.1) is 0 Å². The number of carbonyl (C=O) groups is 1. The van der Waals surface area contributed by atoms with E-state index in [1.54, 1.807) is 0 Å². The van der Waals surface area contributed by atoms with Crippen LogP contribution in [0.25, 0.3) is 0 Å². The molecular weight excluding hydrogens is 310 g/mol. The summed E-state index contributed by atoms with van der Waals surface area (Å²) in [6.07, 6.45) is 2.10. The molecule has 0 aliphatic carbocycles. The van der Waals surface area contributed by atoms with Gasteiger partial charge in [-0.3, -0.25) is 4.79 Å². The Labute approximate surface area is 151 Å². The van der Waals surface area contributed by atoms with Crippen molar-refractivity contribution in [2.24, 2.45) is 0 Å². The van der Waals surface area contributed by atoms with Crippen molar-refractivity contribution >= 4 is 5.91 Å².